The Kier molecular flexibility index (Phi) is 8.53. The maximum Gasteiger partial charge on any atom is 0.168 e. The monoisotopic (exact) mass is 244 g/mol. The van der Waals surface area contributed by atoms with E-state index in [1.54, 1.807) is 0 Å². The van der Waals surface area contributed by atoms with Gasteiger partial charge in [0, 0.05) is 0 Å². The molecule has 5 heteroatoms. The van der Waals surface area contributed by atoms with E-state index in [2.05, 4.69) is 31.4 Å². The maximum absolute atomic E-state index is 5.26. The molecule has 1 nitrogen and oxygen atoms in total. The average molecular weight is 244 g/mol. The molecule has 0 fully saturated rings. The fourth-order valence-electron chi connectivity index (χ4n) is 0.889. The summed E-state index contributed by atoms with van der Waals surface area (Å²) in [6.45, 7) is 2.92. The summed E-state index contributed by atoms with van der Waals surface area (Å²) in [5.74, 6) is 0. The summed E-state index contributed by atoms with van der Waals surface area (Å²) in [5, 5.41) is 0. The Morgan fingerprint density at radius 3 is 2.25 bits per heavy atom. The first-order valence-electron chi connectivity index (χ1n) is 4.26. The highest BCUT2D eigenvalue weighted by atomic mass is 33.2. The lowest BCUT2D eigenvalue weighted by Crippen LogP contribution is -1.87. The summed E-state index contributed by atoms with van der Waals surface area (Å²) in [4.78, 5) is 0. The zero-order valence-electron chi connectivity index (χ0n) is 7.40. The Morgan fingerprint density at radius 1 is 1.17 bits per heavy atom. The Hall–Kier alpha value is 1.31. The normalized spacial score (nSPS) is 11.9. The van der Waals surface area contributed by atoms with E-state index in [0.717, 1.165) is 6.42 Å². The lowest BCUT2D eigenvalue weighted by molar-refractivity contribution is 0.348. The van der Waals surface area contributed by atoms with Crippen molar-refractivity contribution in [1.82, 2.24) is 0 Å². The molecule has 0 aliphatic heterocycles. The van der Waals surface area contributed by atoms with Crippen molar-refractivity contribution in [2.75, 3.05) is 6.61 Å². The minimum Gasteiger partial charge on any atom is -0.334 e. The minimum atomic E-state index is -2.00. The average Bonchev–Trinajstić information content (AvgIpc) is 1.94. The topological polar surface area (TPSA) is 9.23 Å². The first-order valence-corrected chi connectivity index (χ1v) is 9.29. The van der Waals surface area contributed by atoms with E-state index < -0.39 is 4.67 Å². The molecule has 0 N–H and O–H groups in total. The number of thiol groups is 2. The fraction of sp³-hybridized carbons (Fsp3) is 1.00. The molecule has 0 aliphatic rings. The van der Waals surface area contributed by atoms with Crippen LogP contribution in [0.5, 0.6) is 0 Å². The van der Waals surface area contributed by atoms with Crippen LogP contribution in [-0.4, -0.2) is 6.61 Å². The van der Waals surface area contributed by atoms with E-state index in [4.69, 9.17) is 16.3 Å². The predicted octanol–water partition coefficient (Wildman–Crippen LogP) is 4.06. The highest BCUT2D eigenvalue weighted by Crippen LogP contribution is 2.56. The second-order valence-corrected chi connectivity index (χ2v) is 11.5. The van der Waals surface area contributed by atoms with Crippen molar-refractivity contribution in [3.05, 3.63) is 0 Å². The van der Waals surface area contributed by atoms with Crippen LogP contribution >= 0.6 is 29.2 Å². The molecule has 0 spiro atoms. The van der Waals surface area contributed by atoms with E-state index in [1.807, 2.05) is 0 Å². The molecule has 0 heterocycles. The molecule has 0 aromatic heterocycles. The van der Waals surface area contributed by atoms with Gasteiger partial charge in [-0.15, -0.1) is 24.5 Å². The predicted molar refractivity (Wildman–Crippen MR) is 67.0 cm³/mol. The lowest BCUT2D eigenvalue weighted by atomic mass is 10.2. The summed E-state index contributed by atoms with van der Waals surface area (Å²) in [5.41, 5.74) is 0. The molecular weight excluding hydrogens is 227 g/mol. The lowest BCUT2D eigenvalue weighted by Gasteiger charge is -2.08. The molecule has 0 aromatic rings. The van der Waals surface area contributed by atoms with Crippen LogP contribution in [0.3, 0.4) is 0 Å². The molecule has 12 heavy (non-hydrogen) atoms. The Bertz CT molecular complexity index is 146. The zero-order chi connectivity index (χ0) is 9.45. The van der Waals surface area contributed by atoms with E-state index in [-0.39, 0.29) is 0 Å². The van der Waals surface area contributed by atoms with Crippen molar-refractivity contribution in [2.24, 2.45) is 0 Å². The van der Waals surface area contributed by atoms with Crippen molar-refractivity contribution in [1.29, 1.82) is 0 Å². The summed E-state index contributed by atoms with van der Waals surface area (Å²) in [6, 6.07) is 0. The Morgan fingerprint density at radius 2 is 1.75 bits per heavy atom. The highest BCUT2D eigenvalue weighted by Gasteiger charge is 2.02. The third-order valence-electron chi connectivity index (χ3n) is 1.51. The van der Waals surface area contributed by atoms with Crippen LogP contribution in [0.1, 0.15) is 39.0 Å². The fourth-order valence-corrected chi connectivity index (χ4v) is 1.97. The van der Waals surface area contributed by atoms with Gasteiger partial charge in [0.25, 0.3) is 0 Å². The van der Waals surface area contributed by atoms with Crippen LogP contribution in [0.4, 0.5) is 0 Å². The van der Waals surface area contributed by atoms with E-state index in [0.29, 0.717) is 6.61 Å². The number of rotatable bonds is 7. The first-order chi connectivity index (χ1) is 5.56. The van der Waals surface area contributed by atoms with Crippen molar-refractivity contribution in [3.63, 3.8) is 0 Å². The van der Waals surface area contributed by atoms with E-state index in [1.165, 1.54) is 25.7 Å². The van der Waals surface area contributed by atoms with Gasteiger partial charge < -0.3 is 4.52 Å². The highest BCUT2D eigenvalue weighted by molar-refractivity contribution is 8.90. The van der Waals surface area contributed by atoms with Crippen LogP contribution < -0.4 is 0 Å². The second kappa shape index (κ2) is 7.69. The molecule has 0 bridgehead atoms. The summed E-state index contributed by atoms with van der Waals surface area (Å²) in [6.07, 6.45) is 6.19. The minimum absolute atomic E-state index is 0.716. The van der Waals surface area contributed by atoms with Crippen LogP contribution in [-0.2, 0) is 16.3 Å². The molecular formula is C7H17OPS3. The summed E-state index contributed by atoms with van der Waals surface area (Å²) >= 11 is 13.0. The van der Waals surface area contributed by atoms with Gasteiger partial charge in [-0.05, 0) is 18.2 Å². The van der Waals surface area contributed by atoms with Gasteiger partial charge in [0.2, 0.25) is 0 Å². The molecule has 0 aromatic carbocycles. The number of hydrogen-bond acceptors (Lipinski definition) is 2. The van der Waals surface area contributed by atoms with Crippen molar-refractivity contribution < 1.29 is 4.52 Å². The maximum atomic E-state index is 5.26. The van der Waals surface area contributed by atoms with Gasteiger partial charge in [-0.2, -0.15) is 0 Å². The second-order valence-electron chi connectivity index (χ2n) is 2.74. The first kappa shape index (κ1) is 13.3. The molecule has 0 radical (unpaired) electrons. The Balaban J connectivity index is 3.06. The molecule has 0 saturated heterocycles. The van der Waals surface area contributed by atoms with Gasteiger partial charge in [-0.25, -0.2) is 0 Å². The van der Waals surface area contributed by atoms with Gasteiger partial charge in [0.1, 0.15) is 0 Å². The summed E-state index contributed by atoms with van der Waals surface area (Å²) < 4.78 is 3.26. The van der Waals surface area contributed by atoms with Gasteiger partial charge >= 0.3 is 0 Å². The zero-order valence-corrected chi connectivity index (χ0v) is 10.9. The van der Waals surface area contributed by atoms with Gasteiger partial charge in [-0.3, -0.25) is 0 Å². The van der Waals surface area contributed by atoms with Crippen LogP contribution in [0.2, 0.25) is 0 Å². The van der Waals surface area contributed by atoms with Gasteiger partial charge in [0.15, 0.2) is 4.67 Å². The van der Waals surface area contributed by atoms with Crippen LogP contribution in [0.25, 0.3) is 0 Å². The molecule has 74 valence electrons. The third-order valence-corrected chi connectivity index (χ3v) is 3.04. The summed E-state index contributed by atoms with van der Waals surface area (Å²) in [7, 11) is 0. The number of hydrogen-bond donors (Lipinski definition) is 2. The van der Waals surface area contributed by atoms with Crippen LogP contribution in [0, 0.1) is 0 Å². The van der Waals surface area contributed by atoms with E-state index >= 15 is 0 Å². The van der Waals surface area contributed by atoms with Crippen molar-refractivity contribution in [3.8, 4) is 0 Å². The van der Waals surface area contributed by atoms with Gasteiger partial charge in [-0.1, -0.05) is 32.6 Å². The largest absolute Gasteiger partial charge is 0.334 e. The standard InChI is InChI=1S/C7H17OPS3/c1-2-3-4-5-6-7-8-9(10,11)12/h2-7H2,1H3,(H2,10,11,12). The SMILES string of the molecule is CCCCCCCOP(=S)(S)S. The molecule has 0 saturated carbocycles. The van der Waals surface area contributed by atoms with Gasteiger partial charge in [0.05, 0.1) is 6.61 Å². The van der Waals surface area contributed by atoms with E-state index in [9.17, 15) is 0 Å². The van der Waals surface area contributed by atoms with Crippen molar-refractivity contribution >= 4 is 41.0 Å². The molecule has 0 rings (SSSR count). The van der Waals surface area contributed by atoms with Crippen LogP contribution in [0.15, 0.2) is 0 Å². The molecule has 0 amide bonds. The third kappa shape index (κ3) is 11.3. The number of unbranched alkanes of at least 4 members (excludes halogenated alkanes) is 4. The molecule has 0 atom stereocenters. The molecule has 0 aliphatic carbocycles. The molecule has 0 unspecified atom stereocenters. The Labute approximate surface area is 91.1 Å². The quantitative estimate of drug-likeness (QED) is 0.397. The smallest absolute Gasteiger partial charge is 0.168 e. The van der Waals surface area contributed by atoms with Crippen molar-refractivity contribution in [2.45, 2.75) is 39.0 Å².